The highest BCUT2D eigenvalue weighted by atomic mass is 32.3. The summed E-state index contributed by atoms with van der Waals surface area (Å²) in [5, 5.41) is 18.0. The molecule has 0 saturated carbocycles. The van der Waals surface area contributed by atoms with Crippen LogP contribution in [0.5, 0.6) is 0 Å². The first kappa shape index (κ1) is 19.8. The van der Waals surface area contributed by atoms with Gasteiger partial charge in [0.1, 0.15) is 0 Å². The molecule has 1 aromatic carbocycles. The molecule has 0 amide bonds. The molecule has 0 unspecified atom stereocenters. The molecule has 0 spiro atoms. The lowest BCUT2D eigenvalue weighted by Crippen LogP contribution is -2.50. The molecule has 4 N–H and O–H groups in total. The van der Waals surface area contributed by atoms with Crippen molar-refractivity contribution < 1.29 is 45.7 Å². The monoisotopic (exact) mass is 404 g/mol. The van der Waals surface area contributed by atoms with E-state index in [0.717, 1.165) is 18.2 Å². The van der Waals surface area contributed by atoms with Crippen molar-refractivity contribution >= 4 is 37.7 Å². The van der Waals surface area contributed by atoms with Crippen LogP contribution < -0.4 is 0 Å². The fourth-order valence-corrected chi connectivity index (χ4v) is 5.18. The van der Waals surface area contributed by atoms with Crippen LogP contribution in [-0.4, -0.2) is 52.2 Å². The zero-order chi connectivity index (χ0) is 19.9. The third kappa shape index (κ3) is 3.14. The second-order valence-corrected chi connectivity index (χ2v) is 8.89. The Bertz CT molecular complexity index is 1010. The first-order chi connectivity index (χ1) is 11.8. The number of carboxylic acid groups (broad SMARTS) is 2. The Balaban J connectivity index is 2.71. The number of aromatic carboxylic acids is 1. The molecule has 0 fully saturated rings. The van der Waals surface area contributed by atoms with E-state index in [1.165, 1.54) is 12.1 Å². The molecule has 0 atom stereocenters. The zero-order valence-electron chi connectivity index (χ0n) is 12.7. The van der Waals surface area contributed by atoms with Gasteiger partial charge in [0.25, 0.3) is 24.3 Å². The van der Waals surface area contributed by atoms with Gasteiger partial charge in [0.05, 0.1) is 11.1 Å². The highest BCUT2D eigenvalue weighted by molar-refractivity contribution is 8.05. The molecule has 140 valence electrons. The van der Waals surface area contributed by atoms with E-state index in [0.29, 0.717) is 6.08 Å². The zero-order valence-corrected chi connectivity index (χ0v) is 14.4. The minimum Gasteiger partial charge on any atom is -0.478 e. The van der Waals surface area contributed by atoms with Gasteiger partial charge in [0, 0.05) is 6.42 Å². The molecule has 1 aromatic rings. The number of carboxylic acids is 2. The third-order valence-corrected chi connectivity index (χ3v) is 7.51. The minimum atomic E-state index is -5.62. The maximum absolute atomic E-state index is 11.8. The minimum absolute atomic E-state index is 0.0535. The van der Waals surface area contributed by atoms with E-state index >= 15 is 0 Å². The molecular formula is C14H12O10S2. The van der Waals surface area contributed by atoms with E-state index in [4.69, 9.17) is 10.2 Å². The molecule has 1 aliphatic carbocycles. The van der Waals surface area contributed by atoms with E-state index in [1.54, 1.807) is 0 Å². The van der Waals surface area contributed by atoms with Gasteiger partial charge in [0.2, 0.25) is 0 Å². The molecule has 0 saturated heterocycles. The van der Waals surface area contributed by atoms with Crippen molar-refractivity contribution in [3.05, 3.63) is 53.1 Å². The number of carbonyl (C=O) groups is 2. The van der Waals surface area contributed by atoms with Crippen molar-refractivity contribution in [2.45, 2.75) is 10.5 Å². The maximum atomic E-state index is 11.8. The van der Waals surface area contributed by atoms with Crippen molar-refractivity contribution in [2.75, 3.05) is 0 Å². The summed E-state index contributed by atoms with van der Waals surface area (Å²) in [4.78, 5) is 22.2. The van der Waals surface area contributed by atoms with Gasteiger partial charge in [-0.15, -0.1) is 0 Å². The van der Waals surface area contributed by atoms with Gasteiger partial charge < -0.3 is 10.2 Å². The van der Waals surface area contributed by atoms with E-state index in [-0.39, 0.29) is 16.7 Å². The largest absolute Gasteiger partial charge is 0.478 e. The Morgan fingerprint density at radius 1 is 0.846 bits per heavy atom. The summed E-state index contributed by atoms with van der Waals surface area (Å²) in [5.41, 5.74) is -1.22. The summed E-state index contributed by atoms with van der Waals surface area (Å²) in [7, 11) is -11.2. The summed E-state index contributed by atoms with van der Waals surface area (Å²) in [6.07, 6.45) is 0.664. The van der Waals surface area contributed by atoms with Gasteiger partial charge >= 0.3 is 11.9 Å². The van der Waals surface area contributed by atoms with Crippen LogP contribution >= 0.6 is 0 Å². The summed E-state index contributed by atoms with van der Waals surface area (Å²) in [6.45, 7) is 0. The SMILES string of the molecule is O=C(O)C1=CC=C(c2ccc(C(=O)O)cc2)CC1(S(=O)(=O)O)S(=O)(=O)O. The summed E-state index contributed by atoms with van der Waals surface area (Å²) in [5.74, 6) is -3.19. The number of rotatable bonds is 5. The quantitative estimate of drug-likeness (QED) is 0.508. The van der Waals surface area contributed by atoms with Crippen molar-refractivity contribution in [1.29, 1.82) is 0 Å². The fourth-order valence-electron chi connectivity index (χ4n) is 2.57. The van der Waals surface area contributed by atoms with Crippen molar-refractivity contribution in [2.24, 2.45) is 0 Å². The van der Waals surface area contributed by atoms with Crippen LogP contribution in [0.25, 0.3) is 5.57 Å². The van der Waals surface area contributed by atoms with E-state index < -0.39 is 48.2 Å². The summed E-state index contributed by atoms with van der Waals surface area (Å²) in [6, 6.07) is 4.82. The van der Waals surface area contributed by atoms with Crippen LogP contribution in [0, 0.1) is 0 Å². The Kier molecular flexibility index (Phi) is 4.81. The molecule has 0 radical (unpaired) electrons. The predicted octanol–water partition coefficient (Wildman–Crippen LogP) is 0.655. The molecule has 1 aliphatic rings. The first-order valence-electron chi connectivity index (χ1n) is 6.73. The van der Waals surface area contributed by atoms with E-state index in [9.17, 15) is 35.5 Å². The Labute approximate surface area is 147 Å². The second kappa shape index (κ2) is 6.32. The Morgan fingerprint density at radius 2 is 1.35 bits per heavy atom. The normalized spacial score (nSPS) is 17.2. The first-order valence-corrected chi connectivity index (χ1v) is 9.61. The number of aliphatic carboxylic acids is 1. The lowest BCUT2D eigenvalue weighted by atomic mass is 9.92. The highest BCUT2D eigenvalue weighted by Crippen LogP contribution is 2.43. The Morgan fingerprint density at radius 3 is 1.73 bits per heavy atom. The maximum Gasteiger partial charge on any atom is 0.335 e. The average molecular weight is 404 g/mol. The van der Waals surface area contributed by atoms with Crippen LogP contribution in [-0.2, 0) is 25.0 Å². The lowest BCUT2D eigenvalue weighted by molar-refractivity contribution is -0.132. The number of hydrogen-bond donors (Lipinski definition) is 4. The number of benzene rings is 1. The summed E-state index contributed by atoms with van der Waals surface area (Å²) < 4.78 is 62.6. The van der Waals surface area contributed by atoms with Gasteiger partial charge in [-0.1, -0.05) is 18.2 Å². The molecule has 2 rings (SSSR count). The van der Waals surface area contributed by atoms with Crippen molar-refractivity contribution in [3.63, 3.8) is 0 Å². The molecular weight excluding hydrogens is 392 g/mol. The third-order valence-electron chi connectivity index (χ3n) is 3.85. The van der Waals surface area contributed by atoms with E-state index in [2.05, 4.69) is 0 Å². The smallest absolute Gasteiger partial charge is 0.335 e. The van der Waals surface area contributed by atoms with Gasteiger partial charge in [-0.25, -0.2) is 9.59 Å². The van der Waals surface area contributed by atoms with Crippen LogP contribution in [0.15, 0.2) is 42.0 Å². The van der Waals surface area contributed by atoms with Crippen LogP contribution in [0.4, 0.5) is 0 Å². The topological polar surface area (TPSA) is 183 Å². The fraction of sp³-hybridized carbons (Fsp3) is 0.143. The second-order valence-electron chi connectivity index (χ2n) is 5.34. The van der Waals surface area contributed by atoms with Gasteiger partial charge in [-0.3, -0.25) is 9.11 Å². The van der Waals surface area contributed by atoms with Crippen LogP contribution in [0.1, 0.15) is 22.3 Å². The highest BCUT2D eigenvalue weighted by Gasteiger charge is 2.61. The average Bonchev–Trinajstić information content (AvgIpc) is 2.52. The molecule has 0 aliphatic heterocycles. The standard InChI is InChI=1S/C14H12O10S2/c15-12(16)9-3-1-8(2-4-9)10-5-6-11(13(17)18)14(7-10,25(19,20)21)26(22,23)24/h1-6H,7H2,(H,15,16)(H,17,18)(H,19,20,21)(H,22,23,24). The molecule has 0 heterocycles. The Hall–Kier alpha value is -2.54. The van der Waals surface area contributed by atoms with E-state index in [1.807, 2.05) is 0 Å². The van der Waals surface area contributed by atoms with Gasteiger partial charge in [0.15, 0.2) is 0 Å². The van der Waals surface area contributed by atoms with Crippen molar-refractivity contribution in [1.82, 2.24) is 0 Å². The molecule has 0 aromatic heterocycles. The van der Waals surface area contributed by atoms with Crippen LogP contribution in [0.3, 0.4) is 0 Å². The molecule has 10 nitrogen and oxygen atoms in total. The molecule has 26 heavy (non-hydrogen) atoms. The van der Waals surface area contributed by atoms with Crippen LogP contribution in [0.2, 0.25) is 0 Å². The number of hydrogen-bond acceptors (Lipinski definition) is 6. The molecule has 12 heteroatoms. The number of allylic oxidation sites excluding steroid dienone is 3. The van der Waals surface area contributed by atoms with Crippen molar-refractivity contribution in [3.8, 4) is 0 Å². The van der Waals surface area contributed by atoms with Gasteiger partial charge in [-0.2, -0.15) is 16.8 Å². The predicted molar refractivity (Wildman–Crippen MR) is 87.5 cm³/mol. The lowest BCUT2D eigenvalue weighted by Gasteiger charge is -2.31. The molecule has 0 bridgehead atoms. The summed E-state index contributed by atoms with van der Waals surface area (Å²) >= 11 is 0. The van der Waals surface area contributed by atoms with Gasteiger partial charge in [-0.05, 0) is 29.3 Å².